The van der Waals surface area contributed by atoms with Crippen molar-refractivity contribution in [3.05, 3.63) is 30.1 Å². The smallest absolute Gasteiger partial charge is 0.315 e. The molecule has 2 N–H and O–H groups in total. The fourth-order valence-corrected chi connectivity index (χ4v) is 3.16. The Hall–Kier alpha value is -1.66. The third kappa shape index (κ3) is 4.42. The molecule has 0 spiro atoms. The first-order valence-corrected chi connectivity index (χ1v) is 8.35. The molecule has 0 unspecified atom stereocenters. The summed E-state index contributed by atoms with van der Waals surface area (Å²) in [5.41, 5.74) is 1.06. The summed E-state index contributed by atoms with van der Waals surface area (Å²) in [5.74, 6) is 0.555. The summed E-state index contributed by atoms with van der Waals surface area (Å²) in [7, 11) is 1.67. The molecule has 126 valence electrons. The van der Waals surface area contributed by atoms with Crippen LogP contribution in [-0.4, -0.2) is 43.4 Å². The molecule has 2 heterocycles. The lowest BCUT2D eigenvalue weighted by molar-refractivity contribution is -0.00767. The SMILES string of the molecule is COC[C@@H](NC(=O)N[C@H]1CCCO[C@@H]1c1ccncc1)C1CC1. The van der Waals surface area contributed by atoms with E-state index in [-0.39, 0.29) is 24.2 Å². The number of nitrogens with one attached hydrogen (secondary N) is 2. The number of rotatable bonds is 6. The van der Waals surface area contributed by atoms with Crippen LogP contribution in [0, 0.1) is 5.92 Å². The first kappa shape index (κ1) is 16.2. The molecule has 23 heavy (non-hydrogen) atoms. The summed E-state index contributed by atoms with van der Waals surface area (Å²) in [5, 5.41) is 6.14. The Bertz CT molecular complexity index is 507. The molecule has 1 aliphatic heterocycles. The van der Waals surface area contributed by atoms with E-state index in [4.69, 9.17) is 9.47 Å². The molecular formula is C17H25N3O3. The van der Waals surface area contributed by atoms with Crippen molar-refractivity contribution in [3.8, 4) is 0 Å². The second-order valence-electron chi connectivity index (χ2n) is 6.34. The summed E-state index contributed by atoms with van der Waals surface area (Å²) < 4.78 is 11.1. The number of pyridine rings is 1. The van der Waals surface area contributed by atoms with Gasteiger partial charge in [0.2, 0.25) is 0 Å². The zero-order chi connectivity index (χ0) is 16.1. The number of nitrogens with zero attached hydrogens (tertiary/aromatic N) is 1. The second kappa shape index (κ2) is 7.75. The first-order valence-electron chi connectivity index (χ1n) is 8.35. The minimum Gasteiger partial charge on any atom is -0.383 e. The van der Waals surface area contributed by atoms with Gasteiger partial charge in [-0.05, 0) is 49.3 Å². The lowest BCUT2D eigenvalue weighted by Gasteiger charge is -2.33. The lowest BCUT2D eigenvalue weighted by atomic mass is 9.97. The van der Waals surface area contributed by atoms with Gasteiger partial charge in [-0.25, -0.2) is 4.79 Å². The molecule has 6 heteroatoms. The molecule has 6 nitrogen and oxygen atoms in total. The minimum atomic E-state index is -0.131. The Labute approximate surface area is 137 Å². The predicted octanol–water partition coefficient (Wildman–Crippen LogP) is 2.03. The number of carbonyl (C=O) groups is 1. The van der Waals surface area contributed by atoms with Crippen LogP contribution in [0.2, 0.25) is 0 Å². The van der Waals surface area contributed by atoms with Crippen LogP contribution in [0.4, 0.5) is 4.79 Å². The maximum atomic E-state index is 12.4. The van der Waals surface area contributed by atoms with Gasteiger partial charge in [0.05, 0.1) is 18.7 Å². The number of carbonyl (C=O) groups excluding carboxylic acids is 1. The summed E-state index contributed by atoms with van der Waals surface area (Å²) in [6.45, 7) is 1.29. The number of hydrogen-bond donors (Lipinski definition) is 2. The fourth-order valence-electron chi connectivity index (χ4n) is 3.16. The molecule has 0 radical (unpaired) electrons. The van der Waals surface area contributed by atoms with E-state index in [0.29, 0.717) is 12.5 Å². The van der Waals surface area contributed by atoms with Crippen molar-refractivity contribution in [2.45, 2.75) is 43.9 Å². The highest BCUT2D eigenvalue weighted by molar-refractivity contribution is 5.74. The van der Waals surface area contributed by atoms with Crippen LogP contribution in [0.15, 0.2) is 24.5 Å². The molecule has 2 amide bonds. The maximum Gasteiger partial charge on any atom is 0.315 e. The first-order chi connectivity index (χ1) is 11.3. The summed E-state index contributed by atoms with van der Waals surface area (Å²) >= 11 is 0. The van der Waals surface area contributed by atoms with Crippen LogP contribution in [0.3, 0.4) is 0 Å². The van der Waals surface area contributed by atoms with Crippen molar-refractivity contribution >= 4 is 6.03 Å². The van der Waals surface area contributed by atoms with Crippen molar-refractivity contribution in [3.63, 3.8) is 0 Å². The van der Waals surface area contributed by atoms with Gasteiger partial charge in [-0.1, -0.05) is 0 Å². The van der Waals surface area contributed by atoms with E-state index < -0.39 is 0 Å². The number of ether oxygens (including phenoxy) is 2. The highest BCUT2D eigenvalue weighted by Crippen LogP contribution is 2.33. The Morgan fingerprint density at radius 2 is 2.17 bits per heavy atom. The molecule has 3 atom stereocenters. The predicted molar refractivity (Wildman–Crippen MR) is 86.0 cm³/mol. The molecule has 0 aromatic carbocycles. The Morgan fingerprint density at radius 3 is 2.87 bits per heavy atom. The fraction of sp³-hybridized carbons (Fsp3) is 0.647. The van der Waals surface area contributed by atoms with Crippen LogP contribution < -0.4 is 10.6 Å². The van der Waals surface area contributed by atoms with Crippen molar-refractivity contribution in [2.75, 3.05) is 20.3 Å². The van der Waals surface area contributed by atoms with Gasteiger partial charge in [0, 0.05) is 26.1 Å². The molecule has 2 fully saturated rings. The van der Waals surface area contributed by atoms with Crippen LogP contribution in [0.1, 0.15) is 37.4 Å². The summed E-state index contributed by atoms with van der Waals surface area (Å²) in [6, 6.07) is 3.84. The van der Waals surface area contributed by atoms with Gasteiger partial charge in [0.1, 0.15) is 6.10 Å². The molecule has 0 bridgehead atoms. The number of urea groups is 1. The van der Waals surface area contributed by atoms with Crippen molar-refractivity contribution < 1.29 is 14.3 Å². The zero-order valence-electron chi connectivity index (χ0n) is 13.5. The van der Waals surface area contributed by atoms with Gasteiger partial charge in [0.25, 0.3) is 0 Å². The maximum absolute atomic E-state index is 12.4. The van der Waals surface area contributed by atoms with Gasteiger partial charge in [-0.3, -0.25) is 4.98 Å². The third-order valence-corrected chi connectivity index (χ3v) is 4.53. The summed E-state index contributed by atoms with van der Waals surface area (Å²) in [4.78, 5) is 16.4. The quantitative estimate of drug-likeness (QED) is 0.841. The Kier molecular flexibility index (Phi) is 5.46. The van der Waals surface area contributed by atoms with Crippen LogP contribution >= 0.6 is 0 Å². The Balaban J connectivity index is 1.59. The van der Waals surface area contributed by atoms with Gasteiger partial charge < -0.3 is 20.1 Å². The average Bonchev–Trinajstić information content (AvgIpc) is 3.41. The van der Waals surface area contributed by atoms with Crippen LogP contribution in [0.25, 0.3) is 0 Å². The molecule has 1 saturated carbocycles. The zero-order valence-corrected chi connectivity index (χ0v) is 13.5. The number of amides is 2. The number of methoxy groups -OCH3 is 1. The average molecular weight is 319 g/mol. The third-order valence-electron chi connectivity index (χ3n) is 4.53. The monoisotopic (exact) mass is 319 g/mol. The topological polar surface area (TPSA) is 72.5 Å². The number of hydrogen-bond acceptors (Lipinski definition) is 4. The summed E-state index contributed by atoms with van der Waals surface area (Å²) in [6.07, 6.45) is 7.61. The van der Waals surface area contributed by atoms with Crippen molar-refractivity contribution in [1.29, 1.82) is 0 Å². The molecule has 2 aliphatic rings. The molecule has 1 saturated heterocycles. The molecule has 1 aromatic rings. The Morgan fingerprint density at radius 1 is 1.39 bits per heavy atom. The molecule has 3 rings (SSSR count). The minimum absolute atomic E-state index is 0.0199. The number of aromatic nitrogens is 1. The van der Waals surface area contributed by atoms with Crippen molar-refractivity contribution in [2.24, 2.45) is 5.92 Å². The molecule has 1 aliphatic carbocycles. The van der Waals surface area contributed by atoms with Crippen LogP contribution in [0.5, 0.6) is 0 Å². The second-order valence-corrected chi connectivity index (χ2v) is 6.34. The van der Waals surface area contributed by atoms with E-state index in [9.17, 15) is 4.79 Å². The van der Waals surface area contributed by atoms with E-state index in [0.717, 1.165) is 25.0 Å². The van der Waals surface area contributed by atoms with E-state index >= 15 is 0 Å². The van der Waals surface area contributed by atoms with Gasteiger partial charge in [-0.15, -0.1) is 0 Å². The van der Waals surface area contributed by atoms with Crippen LogP contribution in [-0.2, 0) is 9.47 Å². The molecular weight excluding hydrogens is 294 g/mol. The van der Waals surface area contributed by atoms with E-state index in [1.165, 1.54) is 12.8 Å². The highest BCUT2D eigenvalue weighted by atomic mass is 16.5. The largest absolute Gasteiger partial charge is 0.383 e. The van der Waals surface area contributed by atoms with Crippen molar-refractivity contribution in [1.82, 2.24) is 15.6 Å². The normalized spacial score (nSPS) is 25.6. The standard InChI is InChI=1S/C17H25N3O3/c1-22-11-15(12-4-5-12)20-17(21)19-14-3-2-10-23-16(14)13-6-8-18-9-7-13/h6-9,12,14-16H,2-5,10-11H2,1H3,(H2,19,20,21)/t14-,15+,16+/m0/s1. The molecule has 1 aromatic heterocycles. The van der Waals surface area contributed by atoms with Gasteiger partial charge in [-0.2, -0.15) is 0 Å². The van der Waals surface area contributed by atoms with E-state index in [2.05, 4.69) is 15.6 Å². The van der Waals surface area contributed by atoms with Gasteiger partial charge in [0.15, 0.2) is 0 Å². The lowest BCUT2D eigenvalue weighted by Crippen LogP contribution is -2.51. The highest BCUT2D eigenvalue weighted by Gasteiger charge is 2.34. The van der Waals surface area contributed by atoms with E-state index in [1.807, 2.05) is 12.1 Å². The van der Waals surface area contributed by atoms with Gasteiger partial charge >= 0.3 is 6.03 Å². The van der Waals surface area contributed by atoms with E-state index in [1.54, 1.807) is 19.5 Å².